The highest BCUT2D eigenvalue weighted by Crippen LogP contribution is 2.66. The summed E-state index contributed by atoms with van der Waals surface area (Å²) in [6.45, 7) is 2.29. The number of carbonyl (C=O) groups excluding carboxylic acids is 1. The van der Waals surface area contributed by atoms with Gasteiger partial charge < -0.3 is 10.0 Å². The van der Waals surface area contributed by atoms with Crippen LogP contribution in [0.15, 0.2) is 71.3 Å². The molecule has 2 saturated carbocycles. The van der Waals surface area contributed by atoms with Crippen molar-refractivity contribution < 1.29 is 9.90 Å². The summed E-state index contributed by atoms with van der Waals surface area (Å²) in [7, 11) is 4.13. The highest BCUT2D eigenvalue weighted by molar-refractivity contribution is 6.30. The summed E-state index contributed by atoms with van der Waals surface area (Å²) in [5.74, 6) is 7.93. The predicted octanol–water partition coefficient (Wildman–Crippen LogP) is 7.09. The van der Waals surface area contributed by atoms with Crippen molar-refractivity contribution in [1.82, 2.24) is 0 Å². The minimum Gasteiger partial charge on any atom is -0.378 e. The summed E-state index contributed by atoms with van der Waals surface area (Å²) < 4.78 is 0. The second kappa shape index (κ2) is 9.44. The molecule has 0 aliphatic heterocycles. The number of fused-ring (bicyclic) bond motifs is 4. The van der Waals surface area contributed by atoms with Gasteiger partial charge in [-0.25, -0.2) is 0 Å². The highest BCUT2D eigenvalue weighted by atomic mass is 35.5. The van der Waals surface area contributed by atoms with E-state index in [1.807, 2.05) is 30.3 Å². The zero-order valence-corrected chi connectivity index (χ0v) is 23.3. The number of nitrogens with zero attached hydrogens (tertiary/aromatic N) is 1. The van der Waals surface area contributed by atoms with Gasteiger partial charge in [-0.1, -0.05) is 48.1 Å². The van der Waals surface area contributed by atoms with Gasteiger partial charge >= 0.3 is 0 Å². The van der Waals surface area contributed by atoms with Crippen LogP contribution in [0.2, 0.25) is 5.02 Å². The Balaban J connectivity index is 1.45. The molecule has 0 bridgehead atoms. The van der Waals surface area contributed by atoms with Crippen molar-refractivity contribution in [2.45, 2.75) is 63.4 Å². The van der Waals surface area contributed by atoms with Gasteiger partial charge in [-0.15, -0.1) is 0 Å². The number of carbonyl (C=O) groups is 1. The number of anilines is 1. The summed E-state index contributed by atoms with van der Waals surface area (Å²) in [6, 6.07) is 16.5. The van der Waals surface area contributed by atoms with E-state index in [9.17, 15) is 9.90 Å². The van der Waals surface area contributed by atoms with E-state index in [-0.39, 0.29) is 17.1 Å². The first-order chi connectivity index (χ1) is 18.2. The maximum atomic E-state index is 12.3. The summed E-state index contributed by atoms with van der Waals surface area (Å²) in [5, 5.41) is 12.9. The van der Waals surface area contributed by atoms with E-state index >= 15 is 0 Å². The summed E-state index contributed by atoms with van der Waals surface area (Å²) in [4.78, 5) is 14.4. The third-order valence-corrected chi connectivity index (χ3v) is 10.2. The van der Waals surface area contributed by atoms with Gasteiger partial charge in [-0.3, -0.25) is 4.79 Å². The molecule has 0 unspecified atom stereocenters. The third kappa shape index (κ3) is 4.14. The molecule has 3 nitrogen and oxygen atoms in total. The highest BCUT2D eigenvalue weighted by Gasteiger charge is 2.62. The van der Waals surface area contributed by atoms with Crippen LogP contribution in [0.4, 0.5) is 5.69 Å². The van der Waals surface area contributed by atoms with Gasteiger partial charge in [-0.05, 0) is 110 Å². The largest absolute Gasteiger partial charge is 0.378 e. The number of hydrogen-bond donors (Lipinski definition) is 1. The average molecular weight is 526 g/mol. The Hall–Kier alpha value is -2.80. The number of hydrogen-bond acceptors (Lipinski definition) is 3. The lowest BCUT2D eigenvalue weighted by molar-refractivity contribution is -0.114. The van der Waals surface area contributed by atoms with E-state index in [0.29, 0.717) is 29.7 Å². The van der Waals surface area contributed by atoms with Crippen molar-refractivity contribution in [3.05, 3.63) is 87.5 Å². The Kier molecular flexibility index (Phi) is 6.33. The molecule has 0 saturated heterocycles. The Labute approximate surface area is 231 Å². The molecule has 4 aliphatic rings. The maximum absolute atomic E-state index is 12.3. The smallest absolute Gasteiger partial charge is 0.156 e. The first-order valence-electron chi connectivity index (χ1n) is 13.9. The monoisotopic (exact) mass is 525 g/mol. The van der Waals surface area contributed by atoms with Gasteiger partial charge in [0.05, 0.1) is 0 Å². The van der Waals surface area contributed by atoms with Gasteiger partial charge in [0.25, 0.3) is 0 Å². The lowest BCUT2D eigenvalue weighted by Gasteiger charge is -2.53. The van der Waals surface area contributed by atoms with Gasteiger partial charge in [0.15, 0.2) is 5.78 Å². The van der Waals surface area contributed by atoms with Crippen molar-refractivity contribution in [2.75, 3.05) is 19.0 Å². The molecule has 6 rings (SSSR count). The number of ketones is 1. The Morgan fingerprint density at radius 3 is 2.45 bits per heavy atom. The molecule has 196 valence electrons. The van der Waals surface area contributed by atoms with Gasteiger partial charge in [-0.2, -0.15) is 0 Å². The first kappa shape index (κ1) is 25.5. The van der Waals surface area contributed by atoms with Crippen LogP contribution in [0.1, 0.15) is 68.9 Å². The van der Waals surface area contributed by atoms with E-state index in [0.717, 1.165) is 37.7 Å². The minimum absolute atomic E-state index is 0.214. The first-order valence-corrected chi connectivity index (χ1v) is 14.3. The zero-order chi connectivity index (χ0) is 26.7. The molecule has 1 N–H and O–H groups in total. The van der Waals surface area contributed by atoms with Gasteiger partial charge in [0.2, 0.25) is 0 Å². The normalized spacial score (nSPS) is 32.0. The second-order valence-corrected chi connectivity index (χ2v) is 12.6. The van der Waals surface area contributed by atoms with E-state index in [1.54, 1.807) is 5.57 Å². The number of halogens is 1. The predicted molar refractivity (Wildman–Crippen MR) is 154 cm³/mol. The lowest BCUT2D eigenvalue weighted by atomic mass is 9.51. The van der Waals surface area contributed by atoms with Crippen molar-refractivity contribution in [2.24, 2.45) is 17.3 Å². The van der Waals surface area contributed by atoms with Crippen LogP contribution in [0, 0.1) is 29.1 Å². The zero-order valence-electron chi connectivity index (χ0n) is 22.6. The molecule has 0 spiro atoms. The van der Waals surface area contributed by atoms with Crippen LogP contribution >= 0.6 is 11.6 Å². The summed E-state index contributed by atoms with van der Waals surface area (Å²) in [5.41, 5.74) is 6.25. The molecule has 0 radical (unpaired) electrons. The molecule has 0 aromatic heterocycles. The van der Waals surface area contributed by atoms with E-state index in [4.69, 9.17) is 11.6 Å². The fourth-order valence-electron chi connectivity index (χ4n) is 7.88. The van der Waals surface area contributed by atoms with E-state index in [1.165, 1.54) is 22.4 Å². The van der Waals surface area contributed by atoms with Gasteiger partial charge in [0.1, 0.15) is 5.60 Å². The SMILES string of the molecule is CN(C)c1ccc([C@H]2C[C@@]3(C)[C@@H](CC[C@@]3(O)C#Cc3ccc(Cl)cc3)[C@@H]3CCC4=CC(=O)CCC4=C32)cc1. The minimum atomic E-state index is -1.05. The lowest BCUT2D eigenvalue weighted by Crippen LogP contribution is -2.51. The molecule has 2 aromatic rings. The van der Waals surface area contributed by atoms with Crippen molar-refractivity contribution in [1.29, 1.82) is 0 Å². The Bertz CT molecular complexity index is 1390. The topological polar surface area (TPSA) is 40.5 Å². The Morgan fingerprint density at radius 1 is 1.00 bits per heavy atom. The molecule has 5 atom stereocenters. The van der Waals surface area contributed by atoms with Crippen LogP contribution in [0.3, 0.4) is 0 Å². The van der Waals surface area contributed by atoms with Crippen LogP contribution in [-0.2, 0) is 4.79 Å². The molecule has 0 heterocycles. The fraction of sp³-hybridized carbons (Fsp3) is 0.441. The van der Waals surface area contributed by atoms with Crippen LogP contribution in [-0.4, -0.2) is 30.6 Å². The van der Waals surface area contributed by atoms with Crippen LogP contribution in [0.5, 0.6) is 0 Å². The quantitative estimate of drug-likeness (QED) is 0.425. The number of allylic oxidation sites excluding steroid dienone is 4. The molecular weight excluding hydrogens is 490 g/mol. The number of rotatable bonds is 2. The van der Waals surface area contributed by atoms with E-state index in [2.05, 4.69) is 62.0 Å². The third-order valence-electron chi connectivity index (χ3n) is 9.96. The molecule has 0 amide bonds. The van der Waals surface area contributed by atoms with Crippen molar-refractivity contribution in [3.8, 4) is 11.8 Å². The summed E-state index contributed by atoms with van der Waals surface area (Å²) >= 11 is 6.08. The van der Waals surface area contributed by atoms with Crippen LogP contribution < -0.4 is 4.90 Å². The molecule has 2 fully saturated rings. The molecule has 4 aliphatic carbocycles. The van der Waals surface area contributed by atoms with Gasteiger partial charge in [0, 0.05) is 48.1 Å². The molecule has 38 heavy (non-hydrogen) atoms. The average Bonchev–Trinajstić information content (AvgIpc) is 3.18. The Morgan fingerprint density at radius 2 is 1.74 bits per heavy atom. The standard InChI is InChI=1S/C34H36ClNO2/c1-33-21-30(23-6-11-26(12-7-23)36(2)3)32-28-15-13-27(37)20-24(28)8-14-29(32)31(33)17-19-34(33,38)18-16-22-4-9-25(35)10-5-22/h4-7,9-12,20,29-31,38H,8,13-15,17,19,21H2,1-3H3/t29-,30+,31-,33-,34-/m0/s1. The second-order valence-electron chi connectivity index (χ2n) is 12.1. The summed E-state index contributed by atoms with van der Waals surface area (Å²) in [6.07, 6.45) is 7.93. The van der Waals surface area contributed by atoms with Crippen LogP contribution in [0.25, 0.3) is 0 Å². The van der Waals surface area contributed by atoms with E-state index < -0.39 is 5.60 Å². The molecule has 2 aromatic carbocycles. The number of benzene rings is 2. The van der Waals surface area contributed by atoms with Crippen molar-refractivity contribution >= 4 is 23.1 Å². The van der Waals surface area contributed by atoms with Crippen molar-refractivity contribution in [3.63, 3.8) is 0 Å². The molecular formula is C34H36ClNO2. The maximum Gasteiger partial charge on any atom is 0.156 e. The molecule has 4 heteroatoms. The fourth-order valence-corrected chi connectivity index (χ4v) is 8.01. The number of aliphatic hydroxyl groups is 1.